The van der Waals surface area contributed by atoms with Crippen molar-refractivity contribution in [1.82, 2.24) is 0 Å². The maximum Gasteiger partial charge on any atom is 0.275 e. The monoisotopic (exact) mass is 331 g/mol. The number of rotatable bonds is 5. The fourth-order valence-electron chi connectivity index (χ4n) is 2.23. The zero-order valence-corrected chi connectivity index (χ0v) is 15.4. The molecule has 0 aromatic rings. The van der Waals surface area contributed by atoms with Gasteiger partial charge in [-0.25, -0.2) is 0 Å². The van der Waals surface area contributed by atoms with Gasteiger partial charge in [0.15, 0.2) is 14.6 Å². The molecule has 2 rings (SSSR count). The molecule has 0 aromatic carbocycles. The molecule has 22 heavy (non-hydrogen) atoms. The molecule has 0 aliphatic carbocycles. The third-order valence-corrected chi connectivity index (χ3v) is 9.23. The summed E-state index contributed by atoms with van der Waals surface area (Å²) in [7, 11) is -1.96. The quantitative estimate of drug-likeness (QED) is 0.572. The predicted octanol–water partition coefficient (Wildman–Crippen LogP) is 2.82. The Kier molecular flexibility index (Phi) is 5.53. The molecule has 1 saturated heterocycles. The largest absolute Gasteiger partial charge is 0.403 e. The van der Waals surface area contributed by atoms with Gasteiger partial charge < -0.3 is 18.7 Å². The smallest absolute Gasteiger partial charge is 0.275 e. The highest BCUT2D eigenvalue weighted by molar-refractivity contribution is 6.74. The van der Waals surface area contributed by atoms with E-state index in [4.69, 9.17) is 18.7 Å². The lowest BCUT2D eigenvalue weighted by atomic mass is 10.2. The van der Waals surface area contributed by atoms with Gasteiger partial charge in [-0.05, 0) is 37.4 Å². The molecule has 128 valence electrons. The Morgan fingerprint density at radius 2 is 2.05 bits per heavy atom. The van der Waals surface area contributed by atoms with Crippen LogP contribution in [-0.4, -0.2) is 51.1 Å². The first-order valence-electron chi connectivity index (χ1n) is 8.07. The summed E-state index contributed by atoms with van der Waals surface area (Å²) in [5, 5.41) is 12.0. The third kappa shape index (κ3) is 4.22. The molecule has 7 heteroatoms. The topological polar surface area (TPSA) is 63.0 Å². The van der Waals surface area contributed by atoms with E-state index in [2.05, 4.69) is 33.9 Å². The number of nitrogens with zero attached hydrogens (tertiary/aromatic N) is 1. The van der Waals surface area contributed by atoms with Gasteiger partial charge in [0.05, 0.1) is 6.61 Å². The van der Waals surface area contributed by atoms with Crippen molar-refractivity contribution in [3.05, 3.63) is 5.21 Å². The van der Waals surface area contributed by atoms with Gasteiger partial charge in [-0.1, -0.05) is 20.8 Å². The first-order valence-corrected chi connectivity index (χ1v) is 11.0. The lowest BCUT2D eigenvalue weighted by Crippen LogP contribution is -2.47. The van der Waals surface area contributed by atoms with Crippen LogP contribution in [0.3, 0.4) is 0 Å². The van der Waals surface area contributed by atoms with E-state index in [9.17, 15) is 5.21 Å². The van der Waals surface area contributed by atoms with Gasteiger partial charge >= 0.3 is 0 Å². The lowest BCUT2D eigenvalue weighted by molar-refractivity contribution is -0.731. The molecule has 0 spiro atoms. The van der Waals surface area contributed by atoms with Crippen LogP contribution < -0.4 is 0 Å². The Morgan fingerprint density at radius 1 is 1.32 bits per heavy atom. The predicted molar refractivity (Wildman–Crippen MR) is 86.2 cm³/mol. The normalized spacial score (nSPS) is 27.1. The fraction of sp³-hybridized carbons (Fsp3) is 0.933. The van der Waals surface area contributed by atoms with Crippen molar-refractivity contribution in [2.75, 3.05) is 19.8 Å². The van der Waals surface area contributed by atoms with Crippen LogP contribution in [-0.2, 0) is 18.7 Å². The number of hydrogen-bond acceptors (Lipinski definition) is 5. The van der Waals surface area contributed by atoms with Crippen molar-refractivity contribution >= 4 is 14.0 Å². The molecule has 0 N–H and O–H groups in total. The van der Waals surface area contributed by atoms with Crippen molar-refractivity contribution in [3.8, 4) is 0 Å². The summed E-state index contributed by atoms with van der Waals surface area (Å²) in [4.78, 5) is 5.65. The first kappa shape index (κ1) is 17.7. The molecule has 2 atom stereocenters. The van der Waals surface area contributed by atoms with E-state index in [1.807, 2.05) is 0 Å². The molecule has 2 unspecified atom stereocenters. The second-order valence-electron chi connectivity index (χ2n) is 7.52. The molecular weight excluding hydrogens is 302 g/mol. The Hall–Kier alpha value is -0.633. The molecule has 0 bridgehead atoms. The highest BCUT2D eigenvalue weighted by atomic mass is 28.4. The summed E-state index contributed by atoms with van der Waals surface area (Å²) in [6, 6.07) is 0. The summed E-state index contributed by atoms with van der Waals surface area (Å²) in [6.45, 7) is 12.1. The Morgan fingerprint density at radius 3 is 2.64 bits per heavy atom. The van der Waals surface area contributed by atoms with Crippen LogP contribution in [0.2, 0.25) is 18.1 Å². The Bertz CT molecular complexity index is 413. The Labute approximate surface area is 134 Å². The Balaban J connectivity index is 1.94. The van der Waals surface area contributed by atoms with Crippen LogP contribution in [0.25, 0.3) is 0 Å². The highest BCUT2D eigenvalue weighted by Crippen LogP contribution is 2.37. The minimum Gasteiger partial charge on any atom is -0.403 e. The van der Waals surface area contributed by atoms with E-state index in [0.717, 1.165) is 25.9 Å². The SMILES string of the molecule is CC(C)(C)[Si](C)(C)OC1CO[N+]([O-])=C1COC1CCCCO1. The lowest BCUT2D eigenvalue weighted by Gasteiger charge is -2.37. The van der Waals surface area contributed by atoms with Gasteiger partial charge in [0.2, 0.25) is 0 Å². The summed E-state index contributed by atoms with van der Waals surface area (Å²) >= 11 is 0. The van der Waals surface area contributed by atoms with E-state index in [-0.39, 0.29) is 30.6 Å². The van der Waals surface area contributed by atoms with Crippen molar-refractivity contribution in [2.45, 2.75) is 70.6 Å². The van der Waals surface area contributed by atoms with Crippen LogP contribution >= 0.6 is 0 Å². The molecule has 2 heterocycles. The molecule has 0 saturated carbocycles. The van der Waals surface area contributed by atoms with E-state index >= 15 is 0 Å². The van der Waals surface area contributed by atoms with Gasteiger partial charge in [-0.2, -0.15) is 0 Å². The van der Waals surface area contributed by atoms with Gasteiger partial charge in [0.25, 0.3) is 5.71 Å². The van der Waals surface area contributed by atoms with Gasteiger partial charge in [0.1, 0.15) is 12.7 Å². The van der Waals surface area contributed by atoms with E-state index in [1.165, 1.54) is 0 Å². The van der Waals surface area contributed by atoms with Crippen molar-refractivity contribution < 1.29 is 23.6 Å². The average Bonchev–Trinajstić information content (AvgIpc) is 2.76. The summed E-state index contributed by atoms with van der Waals surface area (Å²) in [5.74, 6) is 0. The standard InChI is InChI=1S/C15H29NO5Si/c1-15(2,3)22(4,5)21-13-11-20-16(17)12(13)10-19-14-8-6-7-9-18-14/h13-14H,6-11H2,1-5H3. The average molecular weight is 331 g/mol. The van der Waals surface area contributed by atoms with Crippen LogP contribution in [0.15, 0.2) is 0 Å². The number of hydrogen-bond donors (Lipinski definition) is 0. The van der Waals surface area contributed by atoms with Gasteiger partial charge in [0, 0.05) is 11.5 Å². The first-order chi connectivity index (χ1) is 10.2. The van der Waals surface area contributed by atoms with Crippen LogP contribution in [0, 0.1) is 5.21 Å². The van der Waals surface area contributed by atoms with Crippen LogP contribution in [0.5, 0.6) is 0 Å². The van der Waals surface area contributed by atoms with Crippen LogP contribution in [0.4, 0.5) is 0 Å². The molecule has 0 radical (unpaired) electrons. The van der Waals surface area contributed by atoms with Crippen molar-refractivity contribution in [3.63, 3.8) is 0 Å². The molecule has 0 aromatic heterocycles. The zero-order valence-electron chi connectivity index (χ0n) is 14.4. The van der Waals surface area contributed by atoms with E-state index in [0.29, 0.717) is 10.6 Å². The van der Waals surface area contributed by atoms with Gasteiger partial charge in [-0.3, -0.25) is 5.21 Å². The minimum atomic E-state index is -1.96. The summed E-state index contributed by atoms with van der Waals surface area (Å²) in [5.41, 5.74) is 0.513. The summed E-state index contributed by atoms with van der Waals surface area (Å²) < 4.78 is 17.6. The maximum absolute atomic E-state index is 11.9. The number of ether oxygens (including phenoxy) is 2. The van der Waals surface area contributed by atoms with Crippen LogP contribution in [0.1, 0.15) is 40.0 Å². The molecule has 6 nitrogen and oxygen atoms in total. The maximum atomic E-state index is 11.9. The molecular formula is C15H29NO5Si. The highest BCUT2D eigenvalue weighted by Gasteiger charge is 2.44. The molecule has 1 fully saturated rings. The van der Waals surface area contributed by atoms with E-state index in [1.54, 1.807) is 0 Å². The van der Waals surface area contributed by atoms with E-state index < -0.39 is 8.32 Å². The van der Waals surface area contributed by atoms with Crippen molar-refractivity contribution in [2.24, 2.45) is 0 Å². The zero-order chi connectivity index (χ0) is 16.4. The molecule has 0 amide bonds. The van der Waals surface area contributed by atoms with Crippen molar-refractivity contribution in [1.29, 1.82) is 0 Å². The fourth-order valence-corrected chi connectivity index (χ4v) is 3.50. The second-order valence-corrected chi connectivity index (χ2v) is 12.3. The molecule has 2 aliphatic rings. The summed E-state index contributed by atoms with van der Waals surface area (Å²) in [6.07, 6.45) is 2.51. The second kappa shape index (κ2) is 6.86. The minimum absolute atomic E-state index is 0.0851. The molecule has 2 aliphatic heterocycles. The third-order valence-electron chi connectivity index (χ3n) is 4.75. The van der Waals surface area contributed by atoms with Gasteiger partial charge in [-0.15, -0.1) is 0 Å².